The molecule has 2 aliphatic rings. The van der Waals surface area contributed by atoms with Crippen molar-refractivity contribution in [3.63, 3.8) is 0 Å². The van der Waals surface area contributed by atoms with Crippen molar-refractivity contribution in [2.45, 2.75) is 26.1 Å². The molecule has 30 heavy (non-hydrogen) atoms. The molecule has 2 aliphatic heterocycles. The first kappa shape index (κ1) is 20.4. The van der Waals surface area contributed by atoms with Crippen LogP contribution in [0.5, 0.6) is 0 Å². The zero-order valence-electron chi connectivity index (χ0n) is 16.6. The van der Waals surface area contributed by atoms with E-state index in [1.54, 1.807) is 37.0 Å². The van der Waals surface area contributed by atoms with Crippen LogP contribution in [0.15, 0.2) is 75.8 Å². The molecule has 0 saturated carbocycles. The molecule has 0 aromatic heterocycles. The monoisotopic (exact) mass is 424 g/mol. The molecule has 154 valence electrons. The van der Waals surface area contributed by atoms with Crippen molar-refractivity contribution in [2.24, 2.45) is 4.99 Å². The third-order valence-corrected chi connectivity index (χ3v) is 5.99. The van der Waals surface area contributed by atoms with Crippen LogP contribution in [0.3, 0.4) is 0 Å². The number of aliphatic hydroxyl groups is 1. The predicted octanol–water partition coefficient (Wildman–Crippen LogP) is 4.48. The van der Waals surface area contributed by atoms with Gasteiger partial charge < -0.3 is 14.7 Å². The van der Waals surface area contributed by atoms with Crippen LogP contribution in [-0.2, 0) is 9.53 Å². The van der Waals surface area contributed by atoms with E-state index in [-0.39, 0.29) is 12.4 Å². The smallest absolute Gasteiger partial charge is 0.338 e. The molecule has 5 nitrogen and oxygen atoms in total. The molecule has 2 heterocycles. The Labute approximate surface area is 178 Å². The van der Waals surface area contributed by atoms with Gasteiger partial charge in [0.1, 0.15) is 5.82 Å². The summed E-state index contributed by atoms with van der Waals surface area (Å²) < 4.78 is 18.5. The van der Waals surface area contributed by atoms with Gasteiger partial charge >= 0.3 is 5.97 Å². The molecule has 2 atom stereocenters. The summed E-state index contributed by atoms with van der Waals surface area (Å²) in [4.78, 5) is 19.7. The molecule has 0 radical (unpaired) electrons. The quantitative estimate of drug-likeness (QED) is 0.733. The number of carbonyl (C=O) groups excluding carboxylic acids is 1. The van der Waals surface area contributed by atoms with Crippen molar-refractivity contribution < 1.29 is 19.0 Å². The average molecular weight is 424 g/mol. The highest BCUT2D eigenvalue weighted by Crippen LogP contribution is 2.47. The Morgan fingerprint density at radius 3 is 2.60 bits per heavy atom. The Hall–Kier alpha value is -2.90. The Morgan fingerprint density at radius 1 is 1.23 bits per heavy atom. The number of carbonyl (C=O) groups is 1. The molecule has 0 spiro atoms. The van der Waals surface area contributed by atoms with Crippen LogP contribution >= 0.6 is 11.8 Å². The largest absolute Gasteiger partial charge is 0.463 e. The number of benzene rings is 2. The second kappa shape index (κ2) is 8.45. The maximum Gasteiger partial charge on any atom is 0.338 e. The normalized spacial score (nSPS) is 22.2. The maximum atomic E-state index is 13.2. The number of fused-ring (bicyclic) bond motifs is 1. The lowest BCUT2D eigenvalue weighted by Gasteiger charge is -2.36. The van der Waals surface area contributed by atoms with Crippen LogP contribution in [0, 0.1) is 5.82 Å². The summed E-state index contributed by atoms with van der Waals surface area (Å²) in [6.45, 7) is 3.79. The summed E-state index contributed by atoms with van der Waals surface area (Å²) in [5.41, 5.74) is 2.60. The molecule has 0 amide bonds. The van der Waals surface area contributed by atoms with Crippen molar-refractivity contribution in [1.82, 2.24) is 4.90 Å². The van der Waals surface area contributed by atoms with Gasteiger partial charge in [-0.3, -0.25) is 0 Å². The van der Waals surface area contributed by atoms with Crippen LogP contribution in [0.25, 0.3) is 6.08 Å². The topological polar surface area (TPSA) is 62.1 Å². The van der Waals surface area contributed by atoms with Crippen LogP contribution in [-0.4, -0.2) is 34.0 Å². The number of hydrogen-bond donors (Lipinski definition) is 1. The summed E-state index contributed by atoms with van der Waals surface area (Å²) in [7, 11) is 0. The lowest BCUT2D eigenvalue weighted by Crippen LogP contribution is -2.41. The summed E-state index contributed by atoms with van der Waals surface area (Å²) in [5, 5.41) is 11.8. The SMILES string of the molecule is CCOC(=O)C1=C(C)N=C2S/C(=C/c3ccc(F)cc3)C(O)N2C1c1ccccc1. The Balaban J connectivity index is 1.77. The number of allylic oxidation sites excluding steroid dienone is 1. The van der Waals surface area contributed by atoms with E-state index in [9.17, 15) is 14.3 Å². The van der Waals surface area contributed by atoms with Gasteiger partial charge in [0, 0.05) is 4.91 Å². The molecule has 7 heteroatoms. The lowest BCUT2D eigenvalue weighted by molar-refractivity contribution is -0.139. The number of ether oxygens (including phenoxy) is 1. The molecule has 1 fully saturated rings. The highest BCUT2D eigenvalue weighted by molar-refractivity contribution is 8.17. The van der Waals surface area contributed by atoms with Crippen LogP contribution in [0.1, 0.15) is 31.0 Å². The second-order valence-corrected chi connectivity index (χ2v) is 7.95. The Morgan fingerprint density at radius 2 is 1.93 bits per heavy atom. The highest BCUT2D eigenvalue weighted by Gasteiger charge is 2.45. The van der Waals surface area contributed by atoms with Gasteiger partial charge in [-0.15, -0.1) is 0 Å². The van der Waals surface area contributed by atoms with E-state index in [2.05, 4.69) is 4.99 Å². The molecule has 0 aliphatic carbocycles. The third kappa shape index (κ3) is 3.78. The number of nitrogens with zero attached hydrogens (tertiary/aromatic N) is 2. The fourth-order valence-corrected chi connectivity index (χ4v) is 4.70. The van der Waals surface area contributed by atoms with E-state index in [0.717, 1.165) is 11.1 Å². The number of esters is 1. The molecular weight excluding hydrogens is 403 g/mol. The number of amidine groups is 1. The first-order valence-electron chi connectivity index (χ1n) is 9.62. The van der Waals surface area contributed by atoms with Gasteiger partial charge in [0.05, 0.1) is 23.9 Å². The number of thioether (sulfide) groups is 1. The molecule has 2 aromatic carbocycles. The van der Waals surface area contributed by atoms with Crippen LogP contribution in [0.2, 0.25) is 0 Å². The number of aliphatic imine (C=N–C) groups is 1. The van der Waals surface area contributed by atoms with E-state index in [4.69, 9.17) is 4.74 Å². The van der Waals surface area contributed by atoms with E-state index in [0.29, 0.717) is 21.3 Å². The number of rotatable bonds is 4. The number of hydrogen-bond acceptors (Lipinski definition) is 6. The molecule has 2 aromatic rings. The van der Waals surface area contributed by atoms with Gasteiger partial charge in [0.2, 0.25) is 0 Å². The van der Waals surface area contributed by atoms with Gasteiger partial charge in [0.25, 0.3) is 0 Å². The van der Waals surface area contributed by atoms with Crippen molar-refractivity contribution in [1.29, 1.82) is 0 Å². The zero-order chi connectivity index (χ0) is 21.3. The van der Waals surface area contributed by atoms with Crippen molar-refractivity contribution in [3.8, 4) is 0 Å². The minimum absolute atomic E-state index is 0.251. The fraction of sp³-hybridized carbons (Fsp3) is 0.217. The first-order valence-corrected chi connectivity index (χ1v) is 10.4. The molecular formula is C23H21FN2O3S. The molecule has 0 bridgehead atoms. The zero-order valence-corrected chi connectivity index (χ0v) is 17.4. The predicted molar refractivity (Wildman–Crippen MR) is 116 cm³/mol. The second-order valence-electron chi connectivity index (χ2n) is 6.91. The van der Waals surface area contributed by atoms with Crippen LogP contribution < -0.4 is 0 Å². The lowest BCUT2D eigenvalue weighted by atomic mass is 9.94. The average Bonchev–Trinajstić information content (AvgIpc) is 3.04. The van der Waals surface area contributed by atoms with Gasteiger partial charge in [0.15, 0.2) is 11.4 Å². The first-order chi connectivity index (χ1) is 14.5. The summed E-state index contributed by atoms with van der Waals surface area (Å²) in [6.07, 6.45) is 0.804. The standard InChI is InChI=1S/C23H21FN2O3S/c1-3-29-22(28)19-14(2)25-23-26(20(19)16-7-5-4-6-8-16)21(27)18(30-23)13-15-9-11-17(24)12-10-15/h4-13,20-21,27H,3H2,1-2H3/b18-13+. The minimum atomic E-state index is -0.999. The summed E-state index contributed by atoms with van der Waals surface area (Å²) >= 11 is 1.34. The van der Waals surface area contributed by atoms with Gasteiger partial charge in [-0.25, -0.2) is 14.2 Å². The minimum Gasteiger partial charge on any atom is -0.463 e. The van der Waals surface area contributed by atoms with E-state index in [1.807, 2.05) is 30.3 Å². The van der Waals surface area contributed by atoms with Gasteiger partial charge in [-0.05, 0) is 43.2 Å². The number of halogens is 1. The molecule has 2 unspecified atom stereocenters. The maximum absolute atomic E-state index is 13.2. The van der Waals surface area contributed by atoms with Crippen molar-refractivity contribution >= 4 is 29.0 Å². The van der Waals surface area contributed by atoms with Crippen LogP contribution in [0.4, 0.5) is 4.39 Å². The van der Waals surface area contributed by atoms with Crippen molar-refractivity contribution in [2.75, 3.05) is 6.61 Å². The van der Waals surface area contributed by atoms with Gasteiger partial charge in [-0.1, -0.05) is 54.2 Å². The highest BCUT2D eigenvalue weighted by atomic mass is 32.2. The Kier molecular flexibility index (Phi) is 5.74. The number of aliphatic hydroxyl groups excluding tert-OH is 1. The van der Waals surface area contributed by atoms with E-state index in [1.165, 1.54) is 23.9 Å². The van der Waals surface area contributed by atoms with Crippen molar-refractivity contribution in [3.05, 3.63) is 87.7 Å². The fourth-order valence-electron chi connectivity index (χ4n) is 3.58. The van der Waals surface area contributed by atoms with Gasteiger partial charge in [-0.2, -0.15) is 0 Å². The van der Waals surface area contributed by atoms with E-state index >= 15 is 0 Å². The molecule has 1 saturated heterocycles. The molecule has 1 N–H and O–H groups in total. The van der Waals surface area contributed by atoms with E-state index < -0.39 is 18.2 Å². The Bertz CT molecular complexity index is 1050. The summed E-state index contributed by atoms with van der Waals surface area (Å²) in [6, 6.07) is 15.0. The summed E-state index contributed by atoms with van der Waals surface area (Å²) in [5.74, 6) is -0.763. The third-order valence-electron chi connectivity index (χ3n) is 4.94. The molecule has 4 rings (SSSR count).